The zero-order valence-electron chi connectivity index (χ0n) is 16.2. The molecule has 0 saturated carbocycles. The van der Waals surface area contributed by atoms with Crippen molar-refractivity contribution in [2.45, 2.75) is 117 Å². The fraction of sp³-hybridized carbons (Fsp3) is 0.857. The van der Waals surface area contributed by atoms with Gasteiger partial charge in [0.05, 0.1) is 12.0 Å². The Bertz CT molecular complexity index is 383. The molecule has 0 aliphatic carbocycles. The molecule has 0 bridgehead atoms. The molecule has 134 valence electrons. The summed E-state index contributed by atoms with van der Waals surface area (Å²) < 4.78 is 2.51. The molecule has 0 aromatic carbocycles. The summed E-state index contributed by atoms with van der Waals surface area (Å²) in [4.78, 5) is 3.53. The first-order valence-corrected chi connectivity index (χ1v) is 10.3. The normalized spacial score (nSPS) is 14.1. The van der Waals surface area contributed by atoms with Gasteiger partial charge in [-0.1, -0.05) is 72.1 Å². The Hall–Kier alpha value is -0.790. The minimum atomic E-state index is 0.627. The Labute approximate surface area is 145 Å². The van der Waals surface area contributed by atoms with Gasteiger partial charge in [0, 0.05) is 0 Å². The van der Waals surface area contributed by atoms with Crippen molar-refractivity contribution < 1.29 is 4.57 Å². The molecule has 2 atom stereocenters. The van der Waals surface area contributed by atoms with E-state index < -0.39 is 0 Å². The number of aromatic amines is 1. The van der Waals surface area contributed by atoms with Crippen molar-refractivity contribution in [2.75, 3.05) is 0 Å². The number of nitrogens with zero attached hydrogens (tertiary/aromatic N) is 1. The second-order valence-electron chi connectivity index (χ2n) is 7.26. The Morgan fingerprint density at radius 3 is 2.17 bits per heavy atom. The zero-order valence-corrected chi connectivity index (χ0v) is 16.2. The van der Waals surface area contributed by atoms with Crippen LogP contribution in [-0.2, 0) is 0 Å². The van der Waals surface area contributed by atoms with Gasteiger partial charge in [-0.3, -0.25) is 0 Å². The highest BCUT2D eigenvalue weighted by Crippen LogP contribution is 2.23. The van der Waals surface area contributed by atoms with Crippen LogP contribution in [0.2, 0.25) is 0 Å². The summed E-state index contributed by atoms with van der Waals surface area (Å²) >= 11 is 0. The summed E-state index contributed by atoms with van der Waals surface area (Å²) in [6, 6.07) is 0.627. The number of rotatable bonds is 14. The van der Waals surface area contributed by atoms with Crippen molar-refractivity contribution in [3.63, 3.8) is 0 Å². The molecule has 2 nitrogen and oxygen atoms in total. The number of nitrogens with one attached hydrogen (secondary N) is 1. The maximum Gasteiger partial charge on any atom is 0.257 e. The predicted octanol–water partition coefficient (Wildman–Crippen LogP) is 6.69. The lowest BCUT2D eigenvalue weighted by Crippen LogP contribution is -2.41. The number of hydrogen-bond acceptors (Lipinski definition) is 0. The highest BCUT2D eigenvalue weighted by Gasteiger charge is 2.23. The summed E-state index contributed by atoms with van der Waals surface area (Å²) in [5.41, 5.74) is 0. The topological polar surface area (TPSA) is 19.7 Å². The molecule has 1 aromatic rings. The second-order valence-corrected chi connectivity index (χ2v) is 7.26. The highest BCUT2D eigenvalue weighted by molar-refractivity contribution is 4.89. The Morgan fingerprint density at radius 1 is 0.870 bits per heavy atom. The van der Waals surface area contributed by atoms with Crippen LogP contribution in [-0.4, -0.2) is 4.98 Å². The lowest BCUT2D eigenvalue weighted by Gasteiger charge is -2.15. The zero-order chi connectivity index (χ0) is 16.9. The molecule has 0 fully saturated rings. The number of aromatic nitrogens is 2. The molecule has 2 unspecified atom stereocenters. The van der Waals surface area contributed by atoms with E-state index in [0.717, 1.165) is 0 Å². The third-order valence-electron chi connectivity index (χ3n) is 5.23. The second kappa shape index (κ2) is 12.6. The first kappa shape index (κ1) is 20.3. The van der Waals surface area contributed by atoms with E-state index in [9.17, 15) is 0 Å². The lowest BCUT2D eigenvalue weighted by atomic mass is 9.98. The van der Waals surface area contributed by atoms with Gasteiger partial charge < -0.3 is 0 Å². The van der Waals surface area contributed by atoms with E-state index in [0.29, 0.717) is 12.0 Å². The maximum atomic E-state index is 3.53. The summed E-state index contributed by atoms with van der Waals surface area (Å²) in [5, 5.41) is 0. The number of H-pyrrole nitrogens is 1. The van der Waals surface area contributed by atoms with Gasteiger partial charge in [-0.2, -0.15) is 0 Å². The van der Waals surface area contributed by atoms with Gasteiger partial charge in [0.25, 0.3) is 5.82 Å². The van der Waals surface area contributed by atoms with Crippen LogP contribution >= 0.6 is 0 Å². The number of hydrogen-bond donors (Lipinski definition) is 1. The van der Waals surface area contributed by atoms with E-state index in [1.54, 1.807) is 0 Å². The fourth-order valence-corrected chi connectivity index (χ4v) is 3.59. The minimum absolute atomic E-state index is 0.627. The molecular weight excluding hydrogens is 280 g/mol. The molecule has 0 saturated heterocycles. The van der Waals surface area contributed by atoms with Crippen molar-refractivity contribution in [3.05, 3.63) is 18.2 Å². The van der Waals surface area contributed by atoms with E-state index in [4.69, 9.17) is 0 Å². The monoisotopic (exact) mass is 321 g/mol. The maximum absolute atomic E-state index is 3.53. The van der Waals surface area contributed by atoms with Crippen molar-refractivity contribution in [2.24, 2.45) is 0 Å². The van der Waals surface area contributed by atoms with Crippen molar-refractivity contribution in [1.82, 2.24) is 4.98 Å². The van der Waals surface area contributed by atoms with E-state index in [1.807, 2.05) is 0 Å². The summed E-state index contributed by atoms with van der Waals surface area (Å²) in [5.74, 6) is 2.15. The van der Waals surface area contributed by atoms with Crippen LogP contribution in [0.5, 0.6) is 0 Å². The minimum Gasteiger partial charge on any atom is -0.247 e. The molecule has 1 rings (SSSR count). The predicted molar refractivity (Wildman–Crippen MR) is 101 cm³/mol. The summed E-state index contributed by atoms with van der Waals surface area (Å²) in [6.07, 6.45) is 20.7. The third kappa shape index (κ3) is 7.54. The van der Waals surface area contributed by atoms with Crippen LogP contribution in [0.1, 0.15) is 123 Å². The standard InChI is InChI=1S/C21H40N2/c1-5-8-10-11-12-13-14-15-19(4)23-18-17-22-21(23)20(7-3)16-9-6-2/h17-20H,5-16H2,1-4H3/p+1. The van der Waals surface area contributed by atoms with Crippen LogP contribution in [0.15, 0.2) is 12.4 Å². The third-order valence-corrected chi connectivity index (χ3v) is 5.23. The largest absolute Gasteiger partial charge is 0.257 e. The van der Waals surface area contributed by atoms with Gasteiger partial charge in [-0.15, -0.1) is 0 Å². The van der Waals surface area contributed by atoms with Gasteiger partial charge in [-0.25, -0.2) is 9.55 Å². The Balaban J connectivity index is 2.38. The Morgan fingerprint density at radius 2 is 1.52 bits per heavy atom. The molecule has 2 heteroatoms. The number of unbranched alkanes of at least 4 members (excludes halogenated alkanes) is 7. The summed E-state index contributed by atoms with van der Waals surface area (Å²) in [7, 11) is 0. The smallest absolute Gasteiger partial charge is 0.247 e. The van der Waals surface area contributed by atoms with Gasteiger partial charge >= 0.3 is 0 Å². The highest BCUT2D eigenvalue weighted by atomic mass is 15.1. The van der Waals surface area contributed by atoms with Crippen molar-refractivity contribution in [3.8, 4) is 0 Å². The molecular formula is C21H41N2+. The van der Waals surface area contributed by atoms with Crippen LogP contribution < -0.4 is 4.57 Å². The average molecular weight is 322 g/mol. The Kier molecular flexibility index (Phi) is 11.1. The molecule has 0 radical (unpaired) electrons. The molecule has 23 heavy (non-hydrogen) atoms. The van der Waals surface area contributed by atoms with Crippen molar-refractivity contribution in [1.29, 1.82) is 0 Å². The van der Waals surface area contributed by atoms with Crippen LogP contribution in [0, 0.1) is 0 Å². The molecule has 0 aliphatic heterocycles. The quantitative estimate of drug-likeness (QED) is 0.291. The molecule has 0 spiro atoms. The van der Waals surface area contributed by atoms with Crippen LogP contribution in [0.4, 0.5) is 0 Å². The fourth-order valence-electron chi connectivity index (χ4n) is 3.59. The molecule has 1 N–H and O–H groups in total. The first-order valence-electron chi connectivity index (χ1n) is 10.3. The number of imidazole rings is 1. The van der Waals surface area contributed by atoms with E-state index in [-0.39, 0.29) is 0 Å². The van der Waals surface area contributed by atoms with Gasteiger partial charge in [0.2, 0.25) is 0 Å². The lowest BCUT2D eigenvalue weighted by molar-refractivity contribution is -0.727. The summed E-state index contributed by atoms with van der Waals surface area (Å²) in [6.45, 7) is 9.30. The van der Waals surface area contributed by atoms with Gasteiger partial charge in [0.1, 0.15) is 12.4 Å². The van der Waals surface area contributed by atoms with E-state index >= 15 is 0 Å². The average Bonchev–Trinajstić information content (AvgIpc) is 3.04. The SMILES string of the molecule is CCCCCCCCCC(C)[n+]1cc[nH]c1C(CC)CCCC. The molecule has 0 amide bonds. The molecule has 1 aromatic heterocycles. The van der Waals surface area contributed by atoms with Crippen LogP contribution in [0.25, 0.3) is 0 Å². The van der Waals surface area contributed by atoms with Gasteiger partial charge in [-0.05, 0) is 32.6 Å². The van der Waals surface area contributed by atoms with Crippen LogP contribution in [0.3, 0.4) is 0 Å². The molecule has 1 heterocycles. The van der Waals surface area contributed by atoms with E-state index in [2.05, 4.69) is 49.6 Å². The molecule has 0 aliphatic rings. The van der Waals surface area contributed by atoms with Gasteiger partial charge in [0.15, 0.2) is 0 Å². The van der Waals surface area contributed by atoms with E-state index in [1.165, 1.54) is 82.9 Å². The van der Waals surface area contributed by atoms with Crippen molar-refractivity contribution >= 4 is 0 Å². The first-order chi connectivity index (χ1) is 11.2.